The minimum Gasteiger partial charge on any atom is -0.507 e. The molecule has 7 nitrogen and oxygen atoms in total. The summed E-state index contributed by atoms with van der Waals surface area (Å²) in [6.07, 6.45) is 1.44. The van der Waals surface area contributed by atoms with E-state index < -0.39 is 17.2 Å². The molecule has 3 aromatic rings. The number of aromatic hydroxyl groups is 1. The highest BCUT2D eigenvalue weighted by atomic mass is 16.3. The molecule has 0 unspecified atom stereocenters. The Hall–Kier alpha value is -3.87. The van der Waals surface area contributed by atoms with Crippen molar-refractivity contribution in [1.82, 2.24) is 10.2 Å². The van der Waals surface area contributed by atoms with Crippen LogP contribution in [-0.4, -0.2) is 34.0 Å². The van der Waals surface area contributed by atoms with Crippen molar-refractivity contribution in [2.24, 2.45) is 0 Å². The summed E-state index contributed by atoms with van der Waals surface area (Å²) in [5.74, 6) is -0.991. The number of H-pyrrole nitrogens is 2. The molecule has 1 aliphatic heterocycles. The van der Waals surface area contributed by atoms with Gasteiger partial charge in [0.25, 0.3) is 11.5 Å². The number of hydrogen-bond donors (Lipinski definition) is 3. The Bertz CT molecular complexity index is 1270. The zero-order valence-electron chi connectivity index (χ0n) is 14.3. The van der Waals surface area contributed by atoms with Crippen molar-refractivity contribution < 1.29 is 14.7 Å². The Balaban J connectivity index is 2.07. The molecule has 2 aromatic carbocycles. The second-order valence-corrected chi connectivity index (χ2v) is 6.16. The van der Waals surface area contributed by atoms with Gasteiger partial charge in [-0.1, -0.05) is 30.3 Å². The van der Waals surface area contributed by atoms with Crippen molar-refractivity contribution in [3.63, 3.8) is 0 Å². The topological polar surface area (TPSA) is 106 Å². The lowest BCUT2D eigenvalue weighted by Gasteiger charge is -2.25. The molecule has 134 valence electrons. The highest BCUT2D eigenvalue weighted by molar-refractivity contribution is 6.51. The molecule has 4 rings (SSSR count). The molecule has 0 atom stereocenters. The highest BCUT2D eigenvalue weighted by Crippen LogP contribution is 2.28. The van der Waals surface area contributed by atoms with Gasteiger partial charge in [0.1, 0.15) is 11.3 Å². The summed E-state index contributed by atoms with van der Waals surface area (Å²) in [5.41, 5.74) is 0.665. The maximum Gasteiger partial charge on any atom is 0.271 e. The van der Waals surface area contributed by atoms with E-state index >= 15 is 0 Å². The molecule has 27 heavy (non-hydrogen) atoms. The van der Waals surface area contributed by atoms with Crippen LogP contribution < -0.4 is 21.0 Å². The van der Waals surface area contributed by atoms with E-state index in [0.717, 1.165) is 0 Å². The molecule has 0 saturated heterocycles. The van der Waals surface area contributed by atoms with Gasteiger partial charge in [0.2, 0.25) is 5.78 Å². The average molecular weight is 361 g/mol. The van der Waals surface area contributed by atoms with Crippen LogP contribution >= 0.6 is 0 Å². The summed E-state index contributed by atoms with van der Waals surface area (Å²) < 4.78 is 0. The molecule has 1 amide bonds. The number of fused-ring (bicyclic) bond motifs is 1. The Morgan fingerprint density at radius 1 is 0.963 bits per heavy atom. The Labute approximate surface area is 152 Å². The fraction of sp³-hybridized carbons (Fsp3) is 0.0500. The summed E-state index contributed by atoms with van der Waals surface area (Å²) in [4.78, 5) is 39.5. The van der Waals surface area contributed by atoms with E-state index in [0.29, 0.717) is 16.8 Å². The van der Waals surface area contributed by atoms with Gasteiger partial charge in [0.05, 0.1) is 16.3 Å². The number of phenolic OH excluding ortho intramolecular Hbond substituents is 1. The molecule has 0 fully saturated rings. The second kappa shape index (κ2) is 6.14. The van der Waals surface area contributed by atoms with Crippen LogP contribution in [0.2, 0.25) is 0 Å². The van der Waals surface area contributed by atoms with Crippen LogP contribution in [-0.2, 0) is 4.79 Å². The molecule has 1 aromatic heterocycles. The van der Waals surface area contributed by atoms with Crippen LogP contribution in [0, 0.1) is 0 Å². The van der Waals surface area contributed by atoms with E-state index in [2.05, 4.69) is 10.2 Å². The van der Waals surface area contributed by atoms with Crippen molar-refractivity contribution in [1.29, 1.82) is 0 Å². The molecule has 2 heterocycles. The summed E-state index contributed by atoms with van der Waals surface area (Å²) in [6, 6.07) is 13.3. The van der Waals surface area contributed by atoms with E-state index in [1.165, 1.54) is 17.0 Å². The Morgan fingerprint density at radius 3 is 2.44 bits per heavy atom. The number of para-hydroxylation sites is 2. The normalized spacial score (nSPS) is 16.6. The number of carbonyl (C=O) groups is 2. The number of Topliss-reactive ketones (excluding diaryl/α,β-unsaturated/α-hetero) is 1. The van der Waals surface area contributed by atoms with E-state index in [1.807, 2.05) is 0 Å². The number of rotatable bonds is 1. The minimum atomic E-state index is -0.513. The molecule has 0 radical (unpaired) electrons. The third-order valence-corrected chi connectivity index (χ3v) is 4.56. The van der Waals surface area contributed by atoms with Crippen LogP contribution in [0.25, 0.3) is 11.6 Å². The monoisotopic (exact) mass is 361 g/mol. The van der Waals surface area contributed by atoms with Gasteiger partial charge in [0.15, 0.2) is 0 Å². The van der Waals surface area contributed by atoms with E-state index in [9.17, 15) is 19.5 Å². The predicted octanol–water partition coefficient (Wildman–Crippen LogP) is 0.247. The largest absolute Gasteiger partial charge is 0.507 e. The van der Waals surface area contributed by atoms with Gasteiger partial charge in [-0.25, -0.2) is 0 Å². The lowest BCUT2D eigenvalue weighted by Crippen LogP contribution is -2.44. The molecular weight excluding hydrogens is 346 g/mol. The standard InChI is InChI=1S/C20H15N3O4/c1-23-14-8-4-3-7-12(14)18(25)16(20(23)27)17-13(19(26)22-21-17)10-11-6-2-5-9-15(11)24/h2-10,21,24H,1H3,(H,22,26)/b13-10-,17-16-. The summed E-state index contributed by atoms with van der Waals surface area (Å²) in [5, 5.41) is 15.2. The summed E-state index contributed by atoms with van der Waals surface area (Å²) >= 11 is 0. The maximum absolute atomic E-state index is 13.0. The first-order valence-corrected chi connectivity index (χ1v) is 8.21. The van der Waals surface area contributed by atoms with Gasteiger partial charge in [0, 0.05) is 18.2 Å². The Morgan fingerprint density at radius 2 is 1.67 bits per heavy atom. The molecule has 3 N–H and O–H groups in total. The maximum atomic E-state index is 13.0. The van der Waals surface area contributed by atoms with Crippen LogP contribution in [0.1, 0.15) is 15.9 Å². The number of ketones is 1. The number of hydrogen-bond acceptors (Lipinski definition) is 4. The summed E-state index contributed by atoms with van der Waals surface area (Å²) in [7, 11) is 1.57. The molecule has 0 bridgehead atoms. The number of benzene rings is 2. The van der Waals surface area contributed by atoms with Crippen molar-refractivity contribution in [3.05, 3.63) is 80.6 Å². The van der Waals surface area contributed by atoms with Crippen LogP contribution in [0.3, 0.4) is 0 Å². The fourth-order valence-corrected chi connectivity index (χ4v) is 3.15. The quantitative estimate of drug-likeness (QED) is 0.577. The average Bonchev–Trinajstić information content (AvgIpc) is 3.02. The molecule has 7 heteroatoms. The number of aromatic nitrogens is 2. The molecule has 0 spiro atoms. The van der Waals surface area contributed by atoms with Crippen molar-refractivity contribution in [3.8, 4) is 5.75 Å². The zero-order valence-corrected chi connectivity index (χ0v) is 14.3. The third kappa shape index (κ3) is 2.56. The summed E-state index contributed by atoms with van der Waals surface area (Å²) in [6.45, 7) is 0. The van der Waals surface area contributed by atoms with E-state index in [-0.39, 0.29) is 21.9 Å². The van der Waals surface area contributed by atoms with Gasteiger partial charge in [-0.15, -0.1) is 0 Å². The zero-order chi connectivity index (χ0) is 19.1. The molecular formula is C20H15N3O4. The highest BCUT2D eigenvalue weighted by Gasteiger charge is 2.33. The first kappa shape index (κ1) is 16.6. The number of phenols is 1. The number of anilines is 1. The SMILES string of the molecule is CN1C(=O)/C(=c2\[nH][nH]c(=O)\c2=C/c2ccccc2O)C(=O)c2ccccc21. The number of aromatic amines is 2. The predicted molar refractivity (Wildman–Crippen MR) is 99.9 cm³/mol. The second-order valence-electron chi connectivity index (χ2n) is 6.16. The molecule has 1 aliphatic rings. The first-order valence-electron chi connectivity index (χ1n) is 8.21. The van der Waals surface area contributed by atoms with Gasteiger partial charge in [-0.05, 0) is 24.3 Å². The van der Waals surface area contributed by atoms with Crippen molar-refractivity contribution in [2.45, 2.75) is 0 Å². The number of nitrogens with one attached hydrogen (secondary N) is 2. The van der Waals surface area contributed by atoms with Gasteiger partial charge in [-0.2, -0.15) is 0 Å². The number of nitrogens with zero attached hydrogens (tertiary/aromatic N) is 1. The Kier molecular flexibility index (Phi) is 3.77. The van der Waals surface area contributed by atoms with Gasteiger partial charge in [-0.3, -0.25) is 24.6 Å². The van der Waals surface area contributed by atoms with Crippen LogP contribution in [0.5, 0.6) is 5.75 Å². The first-order chi connectivity index (χ1) is 13.0. The molecule has 0 saturated carbocycles. The van der Waals surface area contributed by atoms with Gasteiger partial charge >= 0.3 is 0 Å². The number of amides is 1. The minimum absolute atomic E-state index is 0.0159. The van der Waals surface area contributed by atoms with Crippen molar-refractivity contribution >= 4 is 29.0 Å². The smallest absolute Gasteiger partial charge is 0.271 e. The lowest BCUT2D eigenvalue weighted by atomic mass is 9.95. The van der Waals surface area contributed by atoms with Crippen molar-refractivity contribution in [2.75, 3.05) is 11.9 Å². The molecule has 0 aliphatic carbocycles. The third-order valence-electron chi connectivity index (χ3n) is 4.56. The van der Waals surface area contributed by atoms with Gasteiger partial charge < -0.3 is 10.0 Å². The fourth-order valence-electron chi connectivity index (χ4n) is 3.15. The van der Waals surface area contributed by atoms with E-state index in [1.54, 1.807) is 49.5 Å². The lowest BCUT2D eigenvalue weighted by molar-refractivity contribution is -0.113. The van der Waals surface area contributed by atoms with Crippen LogP contribution in [0.4, 0.5) is 5.69 Å². The van der Waals surface area contributed by atoms with E-state index in [4.69, 9.17) is 0 Å². The van der Waals surface area contributed by atoms with Crippen LogP contribution in [0.15, 0.2) is 53.3 Å². The number of carbonyl (C=O) groups excluding carboxylic acids is 2.